The fraction of sp³-hybridized carbons (Fsp3) is 0.231. The summed E-state index contributed by atoms with van der Waals surface area (Å²) in [6.45, 7) is 1.84. The SMILES string of the molecule is NCCOCc1ccc2ccccc2c1. The molecule has 0 aromatic heterocycles. The molecule has 2 aromatic rings. The average Bonchev–Trinajstić information content (AvgIpc) is 2.29. The largest absolute Gasteiger partial charge is 0.375 e. The van der Waals surface area contributed by atoms with Gasteiger partial charge in [-0.3, -0.25) is 0 Å². The van der Waals surface area contributed by atoms with Crippen LogP contribution < -0.4 is 5.73 Å². The summed E-state index contributed by atoms with van der Waals surface area (Å²) in [5.41, 5.74) is 6.55. The molecule has 0 fully saturated rings. The van der Waals surface area contributed by atoms with Crippen LogP contribution in [-0.2, 0) is 11.3 Å². The van der Waals surface area contributed by atoms with Gasteiger partial charge in [-0.05, 0) is 22.4 Å². The van der Waals surface area contributed by atoms with Crippen LogP contribution in [-0.4, -0.2) is 13.2 Å². The molecule has 2 heteroatoms. The molecule has 0 spiro atoms. The Kier molecular flexibility index (Phi) is 3.33. The van der Waals surface area contributed by atoms with Crippen molar-refractivity contribution >= 4 is 10.8 Å². The van der Waals surface area contributed by atoms with Crippen LogP contribution in [0.1, 0.15) is 5.56 Å². The van der Waals surface area contributed by atoms with Crippen molar-refractivity contribution in [1.82, 2.24) is 0 Å². The third kappa shape index (κ3) is 2.55. The number of benzene rings is 2. The first-order valence-electron chi connectivity index (χ1n) is 5.15. The summed E-state index contributed by atoms with van der Waals surface area (Å²) < 4.78 is 5.39. The minimum atomic E-state index is 0.577. The second-order valence-corrected chi connectivity index (χ2v) is 3.52. The van der Waals surface area contributed by atoms with Gasteiger partial charge < -0.3 is 10.5 Å². The number of hydrogen-bond acceptors (Lipinski definition) is 2. The zero-order valence-electron chi connectivity index (χ0n) is 8.65. The first-order chi connectivity index (χ1) is 7.40. The molecule has 0 aliphatic rings. The first-order valence-corrected chi connectivity index (χ1v) is 5.15. The third-order valence-electron chi connectivity index (χ3n) is 2.34. The van der Waals surface area contributed by atoms with E-state index in [1.165, 1.54) is 16.3 Å². The molecule has 2 aromatic carbocycles. The molecular weight excluding hydrogens is 186 g/mol. The molecule has 0 amide bonds. The minimum absolute atomic E-state index is 0.577. The predicted molar refractivity (Wildman–Crippen MR) is 62.7 cm³/mol. The summed E-state index contributed by atoms with van der Waals surface area (Å²) in [4.78, 5) is 0. The number of nitrogens with two attached hydrogens (primary N) is 1. The number of ether oxygens (including phenoxy) is 1. The molecule has 0 atom stereocenters. The lowest BCUT2D eigenvalue weighted by Gasteiger charge is -2.04. The first kappa shape index (κ1) is 10.1. The van der Waals surface area contributed by atoms with Crippen LogP contribution in [0, 0.1) is 0 Å². The lowest BCUT2D eigenvalue weighted by atomic mass is 10.1. The molecular formula is C13H15NO. The van der Waals surface area contributed by atoms with Gasteiger partial charge in [-0.25, -0.2) is 0 Å². The van der Waals surface area contributed by atoms with Crippen LogP contribution >= 0.6 is 0 Å². The maximum absolute atomic E-state index is 5.39. The van der Waals surface area contributed by atoms with Crippen molar-refractivity contribution in [3.63, 3.8) is 0 Å². The minimum Gasteiger partial charge on any atom is -0.375 e. The molecule has 0 radical (unpaired) electrons. The van der Waals surface area contributed by atoms with Gasteiger partial charge in [-0.15, -0.1) is 0 Å². The summed E-state index contributed by atoms with van der Waals surface area (Å²) in [5.74, 6) is 0. The van der Waals surface area contributed by atoms with Gasteiger partial charge in [0.05, 0.1) is 13.2 Å². The van der Waals surface area contributed by atoms with E-state index in [-0.39, 0.29) is 0 Å². The molecule has 0 bridgehead atoms. The summed E-state index contributed by atoms with van der Waals surface area (Å²) in [6, 6.07) is 14.7. The van der Waals surface area contributed by atoms with Crippen LogP contribution in [0.25, 0.3) is 10.8 Å². The molecule has 78 valence electrons. The Morgan fingerprint density at radius 2 is 1.80 bits per heavy atom. The molecule has 0 aliphatic carbocycles. The molecule has 15 heavy (non-hydrogen) atoms. The predicted octanol–water partition coefficient (Wildman–Crippen LogP) is 2.32. The van der Waals surface area contributed by atoms with E-state index in [2.05, 4.69) is 30.3 Å². The van der Waals surface area contributed by atoms with Crippen molar-refractivity contribution < 1.29 is 4.74 Å². The maximum atomic E-state index is 5.39. The van der Waals surface area contributed by atoms with Crippen molar-refractivity contribution in [2.45, 2.75) is 6.61 Å². The highest BCUT2D eigenvalue weighted by Gasteiger charge is 1.95. The summed E-state index contributed by atoms with van der Waals surface area (Å²) in [6.07, 6.45) is 0. The standard InChI is InChI=1S/C13H15NO/c14-7-8-15-10-11-5-6-12-3-1-2-4-13(12)9-11/h1-6,9H,7-8,10,14H2. The second-order valence-electron chi connectivity index (χ2n) is 3.52. The van der Waals surface area contributed by atoms with Crippen molar-refractivity contribution in [3.05, 3.63) is 48.0 Å². The van der Waals surface area contributed by atoms with Crippen LogP contribution in [0.15, 0.2) is 42.5 Å². The molecule has 0 unspecified atom stereocenters. The van der Waals surface area contributed by atoms with Gasteiger partial charge in [0.15, 0.2) is 0 Å². The van der Waals surface area contributed by atoms with E-state index in [0.717, 1.165) is 0 Å². The van der Waals surface area contributed by atoms with E-state index >= 15 is 0 Å². The summed E-state index contributed by atoms with van der Waals surface area (Å²) >= 11 is 0. The lowest BCUT2D eigenvalue weighted by Crippen LogP contribution is -2.08. The highest BCUT2D eigenvalue weighted by Crippen LogP contribution is 2.15. The van der Waals surface area contributed by atoms with Crippen molar-refractivity contribution in [1.29, 1.82) is 0 Å². The molecule has 0 saturated heterocycles. The van der Waals surface area contributed by atoms with E-state index in [9.17, 15) is 0 Å². The molecule has 0 heterocycles. The quantitative estimate of drug-likeness (QED) is 0.770. The lowest BCUT2D eigenvalue weighted by molar-refractivity contribution is 0.128. The normalized spacial score (nSPS) is 10.7. The highest BCUT2D eigenvalue weighted by atomic mass is 16.5. The van der Waals surface area contributed by atoms with Gasteiger partial charge in [0, 0.05) is 6.54 Å². The molecule has 2 nitrogen and oxygen atoms in total. The highest BCUT2D eigenvalue weighted by molar-refractivity contribution is 5.82. The Bertz CT molecular complexity index is 439. The summed E-state index contributed by atoms with van der Waals surface area (Å²) in [7, 11) is 0. The van der Waals surface area contributed by atoms with Gasteiger partial charge in [0.25, 0.3) is 0 Å². The summed E-state index contributed by atoms with van der Waals surface area (Å²) in [5, 5.41) is 2.52. The van der Waals surface area contributed by atoms with Crippen molar-refractivity contribution in [2.24, 2.45) is 5.73 Å². The van der Waals surface area contributed by atoms with E-state index in [1.54, 1.807) is 0 Å². The zero-order chi connectivity index (χ0) is 10.5. The van der Waals surface area contributed by atoms with Crippen LogP contribution in [0.4, 0.5) is 0 Å². The van der Waals surface area contributed by atoms with E-state index in [1.807, 2.05) is 12.1 Å². The second kappa shape index (κ2) is 4.91. The fourth-order valence-electron chi connectivity index (χ4n) is 1.60. The number of fused-ring (bicyclic) bond motifs is 1. The van der Waals surface area contributed by atoms with Crippen LogP contribution in [0.2, 0.25) is 0 Å². The molecule has 2 rings (SSSR count). The topological polar surface area (TPSA) is 35.2 Å². The van der Waals surface area contributed by atoms with Crippen LogP contribution in [0.5, 0.6) is 0 Å². The van der Waals surface area contributed by atoms with Gasteiger partial charge in [-0.1, -0.05) is 36.4 Å². The van der Waals surface area contributed by atoms with Gasteiger partial charge in [0.2, 0.25) is 0 Å². The monoisotopic (exact) mass is 201 g/mol. The Hall–Kier alpha value is -1.38. The van der Waals surface area contributed by atoms with Crippen molar-refractivity contribution in [3.8, 4) is 0 Å². The van der Waals surface area contributed by atoms with Gasteiger partial charge in [0.1, 0.15) is 0 Å². The number of hydrogen-bond donors (Lipinski definition) is 1. The van der Waals surface area contributed by atoms with Crippen molar-refractivity contribution in [2.75, 3.05) is 13.2 Å². The Morgan fingerprint density at radius 1 is 1.00 bits per heavy atom. The zero-order valence-corrected chi connectivity index (χ0v) is 8.65. The Balaban J connectivity index is 2.16. The average molecular weight is 201 g/mol. The van der Waals surface area contributed by atoms with E-state index < -0.39 is 0 Å². The molecule has 2 N–H and O–H groups in total. The van der Waals surface area contributed by atoms with Gasteiger partial charge in [-0.2, -0.15) is 0 Å². The third-order valence-corrected chi connectivity index (χ3v) is 2.34. The molecule has 0 saturated carbocycles. The Labute approximate surface area is 89.7 Å². The molecule has 0 aliphatic heterocycles. The van der Waals surface area contributed by atoms with E-state index in [4.69, 9.17) is 10.5 Å². The Morgan fingerprint density at radius 3 is 2.60 bits per heavy atom. The van der Waals surface area contributed by atoms with E-state index in [0.29, 0.717) is 19.8 Å². The smallest absolute Gasteiger partial charge is 0.0717 e. The fourth-order valence-corrected chi connectivity index (χ4v) is 1.60. The van der Waals surface area contributed by atoms with Gasteiger partial charge >= 0.3 is 0 Å². The van der Waals surface area contributed by atoms with Crippen LogP contribution in [0.3, 0.4) is 0 Å². The number of rotatable bonds is 4. The maximum Gasteiger partial charge on any atom is 0.0717 e.